The van der Waals surface area contributed by atoms with Crippen molar-refractivity contribution in [1.29, 1.82) is 0 Å². The molecule has 2 aliphatic rings. The Hall–Kier alpha value is -1.71. The maximum absolute atomic E-state index is 11.3. The van der Waals surface area contributed by atoms with Gasteiger partial charge in [-0.05, 0) is 49.7 Å². The van der Waals surface area contributed by atoms with Crippen LogP contribution in [-0.2, 0) is 0 Å². The maximum Gasteiger partial charge on any atom is 0.337 e. The molecule has 0 atom stereocenters. The van der Waals surface area contributed by atoms with E-state index in [2.05, 4.69) is 5.32 Å². The number of carboxylic acids is 1. The van der Waals surface area contributed by atoms with Crippen molar-refractivity contribution in [2.24, 2.45) is 11.8 Å². The van der Waals surface area contributed by atoms with Gasteiger partial charge in [0.2, 0.25) is 0 Å². The third-order valence-corrected chi connectivity index (χ3v) is 4.04. The van der Waals surface area contributed by atoms with E-state index in [1.54, 1.807) is 25.3 Å². The fraction of sp³-hybridized carbons (Fsp3) is 0.533. The fourth-order valence-corrected chi connectivity index (χ4v) is 2.67. The van der Waals surface area contributed by atoms with Crippen LogP contribution in [0.4, 0.5) is 5.69 Å². The lowest BCUT2D eigenvalue weighted by atomic mass is 10.1. The Morgan fingerprint density at radius 3 is 2.42 bits per heavy atom. The first-order chi connectivity index (χ1) is 9.19. The highest BCUT2D eigenvalue weighted by molar-refractivity contribution is 5.94. The molecule has 1 aromatic rings. The van der Waals surface area contributed by atoms with Gasteiger partial charge in [0.1, 0.15) is 5.75 Å². The number of hydrogen-bond acceptors (Lipinski definition) is 3. The Morgan fingerprint density at radius 2 is 1.95 bits per heavy atom. The van der Waals surface area contributed by atoms with Gasteiger partial charge in [0.05, 0.1) is 18.4 Å². The number of hydrogen-bond donors (Lipinski definition) is 2. The molecule has 102 valence electrons. The van der Waals surface area contributed by atoms with Crippen LogP contribution in [0.2, 0.25) is 0 Å². The van der Waals surface area contributed by atoms with Crippen LogP contribution in [0.25, 0.3) is 0 Å². The van der Waals surface area contributed by atoms with Gasteiger partial charge in [-0.25, -0.2) is 4.79 Å². The zero-order chi connectivity index (χ0) is 13.4. The van der Waals surface area contributed by atoms with E-state index < -0.39 is 5.97 Å². The molecule has 2 N–H and O–H groups in total. The van der Waals surface area contributed by atoms with Crippen LogP contribution in [0, 0.1) is 11.8 Å². The molecule has 0 amide bonds. The number of aromatic carboxylic acids is 1. The van der Waals surface area contributed by atoms with Crippen LogP contribution >= 0.6 is 0 Å². The van der Waals surface area contributed by atoms with E-state index in [4.69, 9.17) is 4.74 Å². The quantitative estimate of drug-likeness (QED) is 0.826. The third-order valence-electron chi connectivity index (χ3n) is 4.04. The molecule has 0 radical (unpaired) electrons. The highest BCUT2D eigenvalue weighted by Crippen LogP contribution is 2.46. The fourth-order valence-electron chi connectivity index (χ4n) is 2.67. The smallest absolute Gasteiger partial charge is 0.337 e. The summed E-state index contributed by atoms with van der Waals surface area (Å²) in [6.45, 7) is 0. The lowest BCUT2D eigenvalue weighted by molar-refractivity contribution is 0.0698. The second-order valence-corrected chi connectivity index (χ2v) is 5.56. The lowest BCUT2D eigenvalue weighted by Crippen LogP contribution is -2.25. The number of methoxy groups -OCH3 is 1. The Kier molecular flexibility index (Phi) is 3.09. The molecular weight excluding hydrogens is 242 g/mol. The van der Waals surface area contributed by atoms with Crippen molar-refractivity contribution in [3.05, 3.63) is 23.8 Å². The van der Waals surface area contributed by atoms with Gasteiger partial charge in [-0.3, -0.25) is 0 Å². The van der Waals surface area contributed by atoms with Crippen LogP contribution in [0.5, 0.6) is 5.75 Å². The van der Waals surface area contributed by atoms with Crippen molar-refractivity contribution in [3.63, 3.8) is 0 Å². The number of nitrogens with one attached hydrogen (secondary N) is 1. The maximum atomic E-state index is 11.3. The molecule has 2 fully saturated rings. The summed E-state index contributed by atoms with van der Waals surface area (Å²) in [6.07, 6.45) is 5.06. The van der Waals surface area contributed by atoms with Crippen molar-refractivity contribution in [2.75, 3.05) is 12.4 Å². The molecule has 0 unspecified atom stereocenters. The number of benzene rings is 1. The molecule has 0 heterocycles. The summed E-state index contributed by atoms with van der Waals surface area (Å²) >= 11 is 0. The highest BCUT2D eigenvalue weighted by atomic mass is 16.5. The first kappa shape index (κ1) is 12.3. The summed E-state index contributed by atoms with van der Waals surface area (Å²) in [5, 5.41) is 12.7. The van der Waals surface area contributed by atoms with Crippen molar-refractivity contribution >= 4 is 11.7 Å². The molecule has 0 spiro atoms. The van der Waals surface area contributed by atoms with Crippen molar-refractivity contribution < 1.29 is 14.6 Å². The van der Waals surface area contributed by atoms with Gasteiger partial charge in [0, 0.05) is 12.1 Å². The Balaban J connectivity index is 1.86. The molecule has 0 aromatic heterocycles. The number of anilines is 1. The summed E-state index contributed by atoms with van der Waals surface area (Å²) in [7, 11) is 1.60. The Bertz CT molecular complexity index is 480. The second kappa shape index (κ2) is 4.76. The standard InChI is InChI=1S/C15H19NO3/c1-19-11-6-7-12(15(17)18)13(8-11)16-14(9-2-3-9)10-4-5-10/h6-10,14,16H,2-5H2,1H3,(H,17,18). The number of ether oxygens (including phenoxy) is 1. The zero-order valence-corrected chi connectivity index (χ0v) is 11.1. The molecule has 2 aliphatic carbocycles. The molecule has 0 aliphatic heterocycles. The van der Waals surface area contributed by atoms with Crippen LogP contribution in [0.1, 0.15) is 36.0 Å². The van der Waals surface area contributed by atoms with Crippen molar-refractivity contribution in [1.82, 2.24) is 0 Å². The van der Waals surface area contributed by atoms with Crippen molar-refractivity contribution in [2.45, 2.75) is 31.7 Å². The van der Waals surface area contributed by atoms with Gasteiger partial charge in [0.15, 0.2) is 0 Å². The van der Waals surface area contributed by atoms with Gasteiger partial charge < -0.3 is 15.2 Å². The summed E-state index contributed by atoms with van der Waals surface area (Å²) in [5.74, 6) is 1.24. The van der Waals surface area contributed by atoms with E-state index in [9.17, 15) is 9.90 Å². The monoisotopic (exact) mass is 261 g/mol. The van der Waals surface area contributed by atoms with Gasteiger partial charge in [-0.15, -0.1) is 0 Å². The molecule has 4 nitrogen and oxygen atoms in total. The van der Waals surface area contributed by atoms with Gasteiger partial charge in [-0.1, -0.05) is 0 Å². The predicted molar refractivity (Wildman–Crippen MR) is 72.8 cm³/mol. The number of carboxylic acid groups (broad SMARTS) is 1. The minimum absolute atomic E-state index is 0.326. The van der Waals surface area contributed by atoms with Crippen LogP contribution in [-0.4, -0.2) is 24.2 Å². The lowest BCUT2D eigenvalue weighted by Gasteiger charge is -2.21. The van der Waals surface area contributed by atoms with E-state index in [1.807, 2.05) is 0 Å². The predicted octanol–water partition coefficient (Wildman–Crippen LogP) is 2.99. The van der Waals surface area contributed by atoms with Gasteiger partial charge in [0.25, 0.3) is 0 Å². The minimum atomic E-state index is -0.893. The second-order valence-electron chi connectivity index (χ2n) is 5.56. The Labute approximate surface area is 112 Å². The molecule has 2 saturated carbocycles. The van der Waals surface area contributed by atoms with E-state index in [-0.39, 0.29) is 0 Å². The van der Waals surface area contributed by atoms with Gasteiger partial charge in [-0.2, -0.15) is 0 Å². The third kappa shape index (κ3) is 2.67. The van der Waals surface area contributed by atoms with Crippen molar-refractivity contribution in [3.8, 4) is 5.75 Å². The van der Waals surface area contributed by atoms with Crippen LogP contribution < -0.4 is 10.1 Å². The first-order valence-corrected chi connectivity index (χ1v) is 6.87. The van der Waals surface area contributed by atoms with Crippen LogP contribution in [0.3, 0.4) is 0 Å². The number of rotatable bonds is 6. The SMILES string of the molecule is COc1ccc(C(=O)O)c(NC(C2CC2)C2CC2)c1. The largest absolute Gasteiger partial charge is 0.497 e. The highest BCUT2D eigenvalue weighted by Gasteiger charge is 2.41. The van der Waals surface area contributed by atoms with E-state index in [1.165, 1.54) is 25.7 Å². The first-order valence-electron chi connectivity index (χ1n) is 6.87. The van der Waals surface area contributed by atoms with E-state index in [0.717, 1.165) is 11.8 Å². The summed E-state index contributed by atoms with van der Waals surface area (Å²) in [5.41, 5.74) is 1.02. The molecule has 0 bridgehead atoms. The normalized spacial score (nSPS) is 18.4. The van der Waals surface area contributed by atoms with E-state index >= 15 is 0 Å². The molecule has 0 saturated heterocycles. The minimum Gasteiger partial charge on any atom is -0.497 e. The molecule has 1 aromatic carbocycles. The Morgan fingerprint density at radius 1 is 1.32 bits per heavy atom. The topological polar surface area (TPSA) is 58.6 Å². The van der Waals surface area contributed by atoms with Crippen LogP contribution in [0.15, 0.2) is 18.2 Å². The number of carbonyl (C=O) groups is 1. The zero-order valence-electron chi connectivity index (χ0n) is 11.1. The average molecular weight is 261 g/mol. The summed E-state index contributed by atoms with van der Waals surface area (Å²) in [6, 6.07) is 5.53. The molecule has 3 rings (SSSR count). The molecule has 4 heteroatoms. The van der Waals surface area contributed by atoms with E-state index in [0.29, 0.717) is 23.0 Å². The van der Waals surface area contributed by atoms with Gasteiger partial charge >= 0.3 is 5.97 Å². The summed E-state index contributed by atoms with van der Waals surface area (Å²) < 4.78 is 5.19. The average Bonchev–Trinajstić information content (AvgIpc) is 3.28. The summed E-state index contributed by atoms with van der Waals surface area (Å²) in [4.78, 5) is 11.3. The molecular formula is C15H19NO3. The molecule has 19 heavy (non-hydrogen) atoms.